The van der Waals surface area contributed by atoms with E-state index in [0.29, 0.717) is 0 Å². The molecule has 0 aromatic carbocycles. The van der Waals surface area contributed by atoms with Crippen molar-refractivity contribution in [2.75, 3.05) is 0 Å². The summed E-state index contributed by atoms with van der Waals surface area (Å²) in [5.41, 5.74) is 0. The summed E-state index contributed by atoms with van der Waals surface area (Å²) >= 11 is 0. The molecule has 0 aliphatic heterocycles. The molecule has 0 heterocycles. The van der Waals surface area contributed by atoms with Crippen LogP contribution < -0.4 is 10.2 Å². The smallest absolute Gasteiger partial charge is 0.543 e. The zero-order valence-corrected chi connectivity index (χ0v) is 8.88. The number of rotatable bonds is 0. The van der Waals surface area contributed by atoms with Crippen LogP contribution in [0.1, 0.15) is 0 Å². The van der Waals surface area contributed by atoms with Gasteiger partial charge in [0.25, 0.3) is 0 Å². The molecule has 0 saturated carbocycles. The largest absolute Gasteiger partial charge is 2.00 e. The maximum Gasteiger partial charge on any atom is 2.00 e. The van der Waals surface area contributed by atoms with E-state index in [1.807, 2.05) is 0 Å². The average molecular weight is 224 g/mol. The van der Waals surface area contributed by atoms with Gasteiger partial charge in [-0.1, -0.05) is 0 Å². The van der Waals surface area contributed by atoms with E-state index < -0.39 is 11.9 Å². The second kappa shape index (κ2) is 8.13. The van der Waals surface area contributed by atoms with Gasteiger partial charge in [-0.3, -0.25) is 0 Å². The van der Waals surface area contributed by atoms with Crippen LogP contribution in [-0.4, -0.2) is 57.4 Å². The van der Waals surface area contributed by atoms with Crippen molar-refractivity contribution >= 4 is 57.4 Å². The minimum atomic E-state index is -2.19. The van der Waals surface area contributed by atoms with Gasteiger partial charge in [0.05, 0.1) is 11.9 Å². The molecule has 0 atom stereocenters. The van der Waals surface area contributed by atoms with E-state index in [9.17, 15) is 0 Å². The van der Waals surface area contributed by atoms with Crippen molar-refractivity contribution < 1.29 is 41.5 Å². The number of carbonyl (C=O) groups is 2. The molecule has 0 amide bonds. The maximum atomic E-state index is 8.93. The summed E-state index contributed by atoms with van der Waals surface area (Å²) in [5.74, 6) is -4.37. The first-order valence-electron chi connectivity index (χ1n) is 1.07. The molecule has 0 radical (unpaired) electrons. The van der Waals surface area contributed by atoms with Gasteiger partial charge in [-0.15, -0.1) is 0 Å². The van der Waals surface area contributed by atoms with E-state index in [1.165, 1.54) is 0 Å². The van der Waals surface area contributed by atoms with Gasteiger partial charge in [0, 0.05) is 21.7 Å². The number of carboxylic acid groups (broad SMARTS) is 2. The van der Waals surface area contributed by atoms with Crippen molar-refractivity contribution in [3.63, 3.8) is 0 Å². The van der Waals surface area contributed by atoms with E-state index in [-0.39, 0.29) is 67.2 Å². The Morgan fingerprint density at radius 2 is 1.12 bits per heavy atom. The molecular weight excluding hydrogens is 224 g/mol. The molecular formula is C2O4SrTi. The van der Waals surface area contributed by atoms with Gasteiger partial charge < -0.3 is 19.8 Å². The number of hydrogen-bond donors (Lipinski definition) is 0. The fraction of sp³-hybridized carbons (Fsp3) is 0. The van der Waals surface area contributed by atoms with Crippen LogP contribution in [0.5, 0.6) is 0 Å². The van der Waals surface area contributed by atoms with Crippen molar-refractivity contribution in [3.05, 3.63) is 0 Å². The van der Waals surface area contributed by atoms with Crippen LogP contribution in [0.3, 0.4) is 0 Å². The monoisotopic (exact) mass is 224 g/mol. The third kappa shape index (κ3) is 10.2. The maximum absolute atomic E-state index is 8.93. The second-order valence-electron chi connectivity index (χ2n) is 0.575. The summed E-state index contributed by atoms with van der Waals surface area (Å²) in [6.07, 6.45) is 0. The van der Waals surface area contributed by atoms with E-state index in [1.54, 1.807) is 0 Å². The van der Waals surface area contributed by atoms with Crippen LogP contribution in [0.15, 0.2) is 0 Å². The summed E-state index contributed by atoms with van der Waals surface area (Å²) in [5, 5.41) is 17.9. The Kier molecular flexibility index (Phi) is 16.3. The van der Waals surface area contributed by atoms with Gasteiger partial charge in [0.15, 0.2) is 0 Å². The van der Waals surface area contributed by atoms with Gasteiger partial charge in [-0.05, 0) is 0 Å². The standard InChI is InChI=1S/C2H2O4.Sr.Ti/c3-1(4)2(5)6;;/h(H,3,4)(H,5,6);;/q;+2;/p-2. The number of carboxylic acids is 2. The zero-order chi connectivity index (χ0) is 5.15. The van der Waals surface area contributed by atoms with Crippen LogP contribution >= 0.6 is 0 Å². The van der Waals surface area contributed by atoms with Gasteiger partial charge in [0.1, 0.15) is 0 Å². The van der Waals surface area contributed by atoms with Crippen LogP contribution in [0, 0.1) is 0 Å². The molecule has 0 aromatic rings. The average Bonchev–Trinajstić information content (AvgIpc) is 1.36. The Morgan fingerprint density at radius 3 is 1.12 bits per heavy atom. The van der Waals surface area contributed by atoms with E-state index in [2.05, 4.69) is 0 Å². The molecule has 0 spiro atoms. The molecule has 0 rings (SSSR count). The Bertz CT molecular complexity index is 80.0. The number of carbonyl (C=O) groups excluding carboxylic acids is 2. The van der Waals surface area contributed by atoms with Crippen LogP contribution in [0.2, 0.25) is 0 Å². The molecule has 0 aromatic heterocycles. The zero-order valence-electron chi connectivity index (χ0n) is 3.84. The summed E-state index contributed by atoms with van der Waals surface area (Å²) in [6, 6.07) is 0. The topological polar surface area (TPSA) is 80.3 Å². The Labute approximate surface area is 97.4 Å². The fourth-order valence-electron chi connectivity index (χ4n) is 0. The molecule has 0 unspecified atom stereocenters. The Balaban J connectivity index is -0.000000125. The van der Waals surface area contributed by atoms with Crippen LogP contribution in [0.25, 0.3) is 0 Å². The quantitative estimate of drug-likeness (QED) is 0.311. The summed E-state index contributed by atoms with van der Waals surface area (Å²) in [6.45, 7) is 0. The number of hydrogen-bond acceptors (Lipinski definition) is 4. The first-order valence-corrected chi connectivity index (χ1v) is 1.07. The third-order valence-corrected chi connectivity index (χ3v) is 0.167. The van der Waals surface area contributed by atoms with Crippen molar-refractivity contribution in [1.29, 1.82) is 0 Å². The van der Waals surface area contributed by atoms with Gasteiger partial charge in [0.2, 0.25) is 0 Å². The first kappa shape index (κ1) is 16.1. The molecule has 0 N–H and O–H groups in total. The summed E-state index contributed by atoms with van der Waals surface area (Å²) in [4.78, 5) is 17.9. The van der Waals surface area contributed by atoms with Gasteiger partial charge >= 0.3 is 45.5 Å². The molecule has 38 valence electrons. The first-order chi connectivity index (χ1) is 2.64. The minimum absolute atomic E-state index is 0. The molecule has 0 bridgehead atoms. The fourth-order valence-corrected chi connectivity index (χ4v) is 0. The molecule has 0 aliphatic rings. The predicted octanol–water partition coefficient (Wildman–Crippen LogP) is -3.90. The number of aliphatic carboxylic acids is 2. The molecule has 0 fully saturated rings. The molecule has 0 aliphatic carbocycles. The minimum Gasteiger partial charge on any atom is -0.543 e. The SMILES string of the molecule is O=C([O-])C(=O)[O-].[Sr+2].[Ti]. The van der Waals surface area contributed by atoms with E-state index in [4.69, 9.17) is 19.8 Å². The van der Waals surface area contributed by atoms with Crippen LogP contribution in [0.4, 0.5) is 0 Å². The predicted molar refractivity (Wildman–Crippen MR) is 15.8 cm³/mol. The molecule has 8 heavy (non-hydrogen) atoms. The Hall–Kier alpha value is 1.13. The van der Waals surface area contributed by atoms with Crippen molar-refractivity contribution in [1.82, 2.24) is 0 Å². The molecule has 6 heteroatoms. The summed E-state index contributed by atoms with van der Waals surface area (Å²) in [7, 11) is 0. The van der Waals surface area contributed by atoms with E-state index in [0.717, 1.165) is 0 Å². The third-order valence-electron chi connectivity index (χ3n) is 0.167. The van der Waals surface area contributed by atoms with Crippen molar-refractivity contribution in [3.8, 4) is 0 Å². The van der Waals surface area contributed by atoms with Crippen molar-refractivity contribution in [2.24, 2.45) is 0 Å². The normalized spacial score (nSPS) is 5.50. The van der Waals surface area contributed by atoms with Gasteiger partial charge in [-0.25, -0.2) is 0 Å². The van der Waals surface area contributed by atoms with Crippen LogP contribution in [-0.2, 0) is 31.3 Å². The van der Waals surface area contributed by atoms with E-state index >= 15 is 0 Å². The Morgan fingerprint density at radius 1 is 1.00 bits per heavy atom. The molecule has 0 saturated heterocycles. The second-order valence-corrected chi connectivity index (χ2v) is 0.575. The van der Waals surface area contributed by atoms with Gasteiger partial charge in [-0.2, -0.15) is 0 Å². The molecule has 4 nitrogen and oxygen atoms in total. The van der Waals surface area contributed by atoms with Crippen molar-refractivity contribution in [2.45, 2.75) is 0 Å². The summed E-state index contributed by atoms with van der Waals surface area (Å²) < 4.78 is 0.